The molecule has 1 fully saturated rings. The van der Waals surface area contributed by atoms with Crippen molar-refractivity contribution in [1.82, 2.24) is 5.32 Å². The fourth-order valence-electron chi connectivity index (χ4n) is 1.69. The van der Waals surface area contributed by atoms with Crippen LogP contribution in [0.1, 0.15) is 26.2 Å². The molecule has 4 heteroatoms. The summed E-state index contributed by atoms with van der Waals surface area (Å²) in [5, 5.41) is 3.56. The molecule has 0 aromatic heterocycles. The van der Waals surface area contributed by atoms with Crippen molar-refractivity contribution in [1.29, 1.82) is 0 Å². The summed E-state index contributed by atoms with van der Waals surface area (Å²) in [5.41, 5.74) is 0. The molecule has 1 heterocycles. The highest BCUT2D eigenvalue weighted by molar-refractivity contribution is 7.84. The first kappa shape index (κ1) is 12.1. The van der Waals surface area contributed by atoms with Gasteiger partial charge in [0.15, 0.2) is 0 Å². The van der Waals surface area contributed by atoms with Gasteiger partial charge in [-0.05, 0) is 26.2 Å². The van der Waals surface area contributed by atoms with E-state index in [4.69, 9.17) is 4.74 Å². The average molecular weight is 219 g/mol. The highest BCUT2D eigenvalue weighted by atomic mass is 32.2. The minimum Gasteiger partial charge on any atom is -0.381 e. The van der Waals surface area contributed by atoms with Crippen LogP contribution < -0.4 is 5.32 Å². The molecule has 0 aromatic rings. The van der Waals surface area contributed by atoms with Gasteiger partial charge in [-0.1, -0.05) is 0 Å². The number of ether oxygens (including phenoxy) is 1. The molecule has 2 unspecified atom stereocenters. The van der Waals surface area contributed by atoms with Gasteiger partial charge in [-0.25, -0.2) is 0 Å². The van der Waals surface area contributed by atoms with Gasteiger partial charge in [0.1, 0.15) is 0 Å². The van der Waals surface area contributed by atoms with Crippen molar-refractivity contribution in [3.63, 3.8) is 0 Å². The van der Waals surface area contributed by atoms with Crippen LogP contribution >= 0.6 is 0 Å². The standard InChI is InChI=1S/C10H21NO2S/c1-9(5-8-14(2)12)11-10-3-6-13-7-4-10/h9-11H,3-8H2,1-2H3. The van der Waals surface area contributed by atoms with Crippen LogP contribution in [0.25, 0.3) is 0 Å². The third-order valence-corrected chi connectivity index (χ3v) is 3.39. The van der Waals surface area contributed by atoms with Crippen LogP contribution in [0.15, 0.2) is 0 Å². The van der Waals surface area contributed by atoms with E-state index in [1.54, 1.807) is 6.26 Å². The topological polar surface area (TPSA) is 38.3 Å². The fraction of sp³-hybridized carbons (Fsp3) is 1.00. The Morgan fingerprint density at radius 1 is 1.50 bits per heavy atom. The third-order valence-electron chi connectivity index (χ3n) is 2.58. The van der Waals surface area contributed by atoms with Crippen LogP contribution in [0.2, 0.25) is 0 Å². The van der Waals surface area contributed by atoms with Gasteiger partial charge in [0.25, 0.3) is 0 Å². The van der Waals surface area contributed by atoms with Crippen molar-refractivity contribution in [3.05, 3.63) is 0 Å². The molecule has 0 radical (unpaired) electrons. The van der Waals surface area contributed by atoms with E-state index in [0.717, 1.165) is 38.2 Å². The predicted molar refractivity (Wildman–Crippen MR) is 60.0 cm³/mol. The van der Waals surface area contributed by atoms with Gasteiger partial charge in [0, 0.05) is 48.1 Å². The van der Waals surface area contributed by atoms with Crippen molar-refractivity contribution >= 4 is 10.8 Å². The van der Waals surface area contributed by atoms with E-state index in [9.17, 15) is 4.21 Å². The molecule has 0 aliphatic carbocycles. The van der Waals surface area contributed by atoms with Gasteiger partial charge in [0.2, 0.25) is 0 Å². The first-order chi connectivity index (χ1) is 6.68. The molecule has 1 saturated heterocycles. The molecule has 1 N–H and O–H groups in total. The van der Waals surface area contributed by atoms with E-state index in [0.29, 0.717) is 12.1 Å². The number of nitrogens with one attached hydrogen (secondary N) is 1. The van der Waals surface area contributed by atoms with Gasteiger partial charge < -0.3 is 10.1 Å². The normalized spacial score (nSPS) is 23.3. The lowest BCUT2D eigenvalue weighted by Crippen LogP contribution is -2.40. The third kappa shape index (κ3) is 5.08. The van der Waals surface area contributed by atoms with E-state index in [-0.39, 0.29) is 0 Å². The van der Waals surface area contributed by atoms with E-state index in [1.165, 1.54) is 0 Å². The first-order valence-electron chi connectivity index (χ1n) is 5.32. The number of hydrogen-bond acceptors (Lipinski definition) is 3. The second-order valence-corrected chi connectivity index (χ2v) is 5.57. The number of rotatable bonds is 5. The molecule has 3 nitrogen and oxygen atoms in total. The number of hydrogen-bond donors (Lipinski definition) is 1. The van der Waals surface area contributed by atoms with Gasteiger partial charge in [-0.15, -0.1) is 0 Å². The maximum atomic E-state index is 10.9. The molecule has 14 heavy (non-hydrogen) atoms. The summed E-state index contributed by atoms with van der Waals surface area (Å²) < 4.78 is 16.2. The second-order valence-electron chi connectivity index (χ2n) is 4.02. The Hall–Kier alpha value is 0.0700. The summed E-state index contributed by atoms with van der Waals surface area (Å²) in [6, 6.07) is 1.08. The minimum atomic E-state index is -0.657. The zero-order chi connectivity index (χ0) is 10.4. The monoisotopic (exact) mass is 219 g/mol. The molecular formula is C10H21NO2S. The Labute approximate surface area is 89.1 Å². The molecule has 0 spiro atoms. The van der Waals surface area contributed by atoms with Crippen molar-refractivity contribution < 1.29 is 8.95 Å². The lowest BCUT2D eigenvalue weighted by Gasteiger charge is -2.26. The van der Waals surface area contributed by atoms with Gasteiger partial charge >= 0.3 is 0 Å². The van der Waals surface area contributed by atoms with E-state index in [2.05, 4.69) is 12.2 Å². The minimum absolute atomic E-state index is 0.474. The lowest BCUT2D eigenvalue weighted by atomic mass is 10.1. The predicted octanol–water partition coefficient (Wildman–Crippen LogP) is 0.912. The highest BCUT2D eigenvalue weighted by Crippen LogP contribution is 2.08. The molecule has 84 valence electrons. The van der Waals surface area contributed by atoms with Crippen molar-refractivity contribution in [3.8, 4) is 0 Å². The first-order valence-corrected chi connectivity index (χ1v) is 7.05. The van der Waals surface area contributed by atoms with E-state index < -0.39 is 10.8 Å². The fourth-order valence-corrected chi connectivity index (χ4v) is 2.38. The molecule has 0 saturated carbocycles. The van der Waals surface area contributed by atoms with Gasteiger partial charge in [-0.3, -0.25) is 4.21 Å². The SMILES string of the molecule is CC(CCS(C)=O)NC1CCOCC1. The van der Waals surface area contributed by atoms with E-state index >= 15 is 0 Å². The molecule has 1 rings (SSSR count). The Morgan fingerprint density at radius 3 is 2.71 bits per heavy atom. The summed E-state index contributed by atoms with van der Waals surface area (Å²) in [7, 11) is -0.657. The van der Waals surface area contributed by atoms with Crippen molar-refractivity contribution in [2.75, 3.05) is 25.2 Å². The summed E-state index contributed by atoms with van der Waals surface area (Å²) in [6.45, 7) is 3.93. The Balaban J connectivity index is 2.11. The van der Waals surface area contributed by atoms with Crippen LogP contribution in [0.4, 0.5) is 0 Å². The van der Waals surface area contributed by atoms with Crippen LogP contribution in [-0.2, 0) is 15.5 Å². The Bertz CT molecular complexity index is 181. The Kier molecular flexibility index (Phi) is 5.67. The molecule has 1 aliphatic rings. The molecule has 1 aliphatic heterocycles. The van der Waals surface area contributed by atoms with Crippen LogP contribution in [-0.4, -0.2) is 41.5 Å². The lowest BCUT2D eigenvalue weighted by molar-refractivity contribution is 0.0754. The Morgan fingerprint density at radius 2 is 2.14 bits per heavy atom. The maximum Gasteiger partial charge on any atom is 0.0480 e. The summed E-state index contributed by atoms with van der Waals surface area (Å²) in [5.74, 6) is 0.803. The van der Waals surface area contributed by atoms with Crippen LogP contribution in [0.3, 0.4) is 0 Å². The van der Waals surface area contributed by atoms with Gasteiger partial charge in [0.05, 0.1) is 0 Å². The van der Waals surface area contributed by atoms with Crippen LogP contribution in [0.5, 0.6) is 0 Å². The molecule has 0 bridgehead atoms. The van der Waals surface area contributed by atoms with Crippen LogP contribution in [0, 0.1) is 0 Å². The summed E-state index contributed by atoms with van der Waals surface area (Å²) in [4.78, 5) is 0. The molecule has 2 atom stereocenters. The average Bonchev–Trinajstić information content (AvgIpc) is 2.16. The maximum absolute atomic E-state index is 10.9. The molecular weight excluding hydrogens is 198 g/mol. The van der Waals surface area contributed by atoms with Gasteiger partial charge in [-0.2, -0.15) is 0 Å². The second kappa shape index (κ2) is 6.53. The quantitative estimate of drug-likeness (QED) is 0.747. The zero-order valence-corrected chi connectivity index (χ0v) is 9.94. The zero-order valence-electron chi connectivity index (χ0n) is 9.12. The largest absolute Gasteiger partial charge is 0.381 e. The summed E-state index contributed by atoms with van der Waals surface area (Å²) in [6.07, 6.45) is 4.99. The van der Waals surface area contributed by atoms with Crippen molar-refractivity contribution in [2.24, 2.45) is 0 Å². The van der Waals surface area contributed by atoms with Crippen molar-refractivity contribution in [2.45, 2.75) is 38.3 Å². The molecule has 0 amide bonds. The van der Waals surface area contributed by atoms with E-state index in [1.807, 2.05) is 0 Å². The summed E-state index contributed by atoms with van der Waals surface area (Å²) >= 11 is 0. The molecule has 0 aromatic carbocycles. The smallest absolute Gasteiger partial charge is 0.0480 e. The highest BCUT2D eigenvalue weighted by Gasteiger charge is 2.15.